The van der Waals surface area contributed by atoms with Crippen molar-refractivity contribution in [1.29, 1.82) is 0 Å². The number of hydrogen-bond donors (Lipinski definition) is 2. The van der Waals surface area contributed by atoms with Crippen LogP contribution >= 0.6 is 23.2 Å². The van der Waals surface area contributed by atoms with Crippen LogP contribution in [0.5, 0.6) is 11.5 Å². The lowest BCUT2D eigenvalue weighted by Crippen LogP contribution is -2.38. The summed E-state index contributed by atoms with van der Waals surface area (Å²) in [5.41, 5.74) is 1.72. The second kappa shape index (κ2) is 8.35. The van der Waals surface area contributed by atoms with Crippen LogP contribution in [0.25, 0.3) is 0 Å². The van der Waals surface area contributed by atoms with Gasteiger partial charge in [-0.2, -0.15) is 0 Å². The lowest BCUT2D eigenvalue weighted by molar-refractivity contribution is -0.0244. The number of aromatic hydroxyl groups is 1. The first-order valence-corrected chi connectivity index (χ1v) is 11.6. The highest BCUT2D eigenvalue weighted by Gasteiger charge is 2.62. The van der Waals surface area contributed by atoms with Gasteiger partial charge in [-0.15, -0.1) is 0 Å². The standard InChI is InChI=1S/C25H29Cl2NO4/c1-24(2)15-7-8-25(24,3)21(10-15)32-23(30)18-6-5-17(12-20(18)29)28-13-14-9-16(26)11-19(27)22(14)31-4/h5-6,9,11-12,15,21,28-29H,7-8,10,13H2,1-4H3. The Kier molecular flexibility index (Phi) is 6.01. The molecule has 0 aromatic heterocycles. The third kappa shape index (κ3) is 3.80. The Balaban J connectivity index is 1.45. The minimum Gasteiger partial charge on any atom is -0.507 e. The van der Waals surface area contributed by atoms with E-state index >= 15 is 0 Å². The van der Waals surface area contributed by atoms with Crippen LogP contribution in [-0.4, -0.2) is 24.3 Å². The second-order valence-corrected chi connectivity index (χ2v) is 10.5. The minimum absolute atomic E-state index is 0.0261. The van der Waals surface area contributed by atoms with Gasteiger partial charge in [0.15, 0.2) is 0 Å². The summed E-state index contributed by atoms with van der Waals surface area (Å²) < 4.78 is 11.3. The molecular weight excluding hydrogens is 449 g/mol. The molecule has 32 heavy (non-hydrogen) atoms. The van der Waals surface area contributed by atoms with Gasteiger partial charge in [-0.3, -0.25) is 0 Å². The molecule has 2 N–H and O–H groups in total. The zero-order chi connectivity index (χ0) is 23.3. The molecule has 2 fully saturated rings. The van der Waals surface area contributed by atoms with Crippen molar-refractivity contribution >= 4 is 34.9 Å². The van der Waals surface area contributed by atoms with E-state index in [0.29, 0.717) is 33.9 Å². The lowest BCUT2D eigenvalue weighted by atomic mass is 9.70. The number of phenols is 1. The number of hydrogen-bond acceptors (Lipinski definition) is 5. The average molecular weight is 478 g/mol. The number of halogens is 2. The SMILES string of the molecule is COc1c(Cl)cc(Cl)cc1CNc1ccc(C(=O)OC2CC3CCC2(C)C3(C)C)c(O)c1. The van der Waals surface area contributed by atoms with Gasteiger partial charge < -0.3 is 19.9 Å². The Bertz CT molecular complexity index is 1050. The maximum atomic E-state index is 12.9. The van der Waals surface area contributed by atoms with E-state index in [1.165, 1.54) is 12.5 Å². The van der Waals surface area contributed by atoms with Gasteiger partial charge in [-0.25, -0.2) is 4.79 Å². The van der Waals surface area contributed by atoms with Crippen molar-refractivity contribution in [2.75, 3.05) is 12.4 Å². The van der Waals surface area contributed by atoms with E-state index in [0.717, 1.165) is 18.4 Å². The fourth-order valence-corrected chi connectivity index (χ4v) is 6.10. The van der Waals surface area contributed by atoms with Crippen molar-refractivity contribution in [3.63, 3.8) is 0 Å². The van der Waals surface area contributed by atoms with Gasteiger partial charge in [-0.05, 0) is 54.9 Å². The first-order valence-electron chi connectivity index (χ1n) is 10.9. The van der Waals surface area contributed by atoms with Gasteiger partial charge >= 0.3 is 5.97 Å². The van der Waals surface area contributed by atoms with Crippen molar-refractivity contribution in [1.82, 2.24) is 0 Å². The maximum absolute atomic E-state index is 12.9. The molecule has 0 radical (unpaired) electrons. The zero-order valence-electron chi connectivity index (χ0n) is 18.8. The number of anilines is 1. The van der Waals surface area contributed by atoms with Crippen LogP contribution in [0.2, 0.25) is 10.0 Å². The molecular formula is C25H29Cl2NO4. The van der Waals surface area contributed by atoms with E-state index < -0.39 is 5.97 Å². The summed E-state index contributed by atoms with van der Waals surface area (Å²) in [7, 11) is 1.54. The highest BCUT2D eigenvalue weighted by Crippen LogP contribution is 2.66. The largest absolute Gasteiger partial charge is 0.507 e. The Labute approximate surface area is 199 Å². The van der Waals surface area contributed by atoms with Crippen LogP contribution in [0, 0.1) is 16.7 Å². The predicted molar refractivity (Wildman–Crippen MR) is 127 cm³/mol. The fourth-order valence-electron chi connectivity index (χ4n) is 5.49. The number of ether oxygens (including phenoxy) is 2. The van der Waals surface area contributed by atoms with E-state index in [4.69, 9.17) is 32.7 Å². The lowest BCUT2D eigenvalue weighted by Gasteiger charge is -2.38. The zero-order valence-corrected chi connectivity index (χ0v) is 20.3. The number of benzene rings is 2. The van der Waals surface area contributed by atoms with Crippen LogP contribution in [0.15, 0.2) is 30.3 Å². The summed E-state index contributed by atoms with van der Waals surface area (Å²) >= 11 is 12.3. The van der Waals surface area contributed by atoms with E-state index in [1.54, 1.807) is 31.4 Å². The van der Waals surface area contributed by atoms with E-state index in [1.807, 2.05) is 0 Å². The summed E-state index contributed by atoms with van der Waals surface area (Å²) in [6.45, 7) is 7.15. The summed E-state index contributed by atoms with van der Waals surface area (Å²) in [5, 5.41) is 14.6. The van der Waals surface area contributed by atoms with Gasteiger partial charge in [-0.1, -0.05) is 44.0 Å². The van der Waals surface area contributed by atoms with Gasteiger partial charge in [0.1, 0.15) is 23.2 Å². The first-order chi connectivity index (χ1) is 15.1. The van der Waals surface area contributed by atoms with Crippen molar-refractivity contribution in [3.8, 4) is 11.5 Å². The van der Waals surface area contributed by atoms with Crippen LogP contribution in [0.4, 0.5) is 5.69 Å². The van der Waals surface area contributed by atoms with Crippen molar-refractivity contribution in [3.05, 3.63) is 51.5 Å². The number of fused-ring (bicyclic) bond motifs is 2. The van der Waals surface area contributed by atoms with Gasteiger partial charge in [0.2, 0.25) is 0 Å². The molecule has 0 aliphatic heterocycles. The highest BCUT2D eigenvalue weighted by atomic mass is 35.5. The molecule has 2 aliphatic carbocycles. The molecule has 2 saturated carbocycles. The first kappa shape index (κ1) is 23.1. The smallest absolute Gasteiger partial charge is 0.342 e. The third-order valence-corrected chi connectivity index (χ3v) is 8.45. The van der Waals surface area contributed by atoms with Crippen molar-refractivity contribution in [2.45, 2.75) is 52.7 Å². The molecule has 172 valence electrons. The van der Waals surface area contributed by atoms with Crippen molar-refractivity contribution in [2.24, 2.45) is 16.7 Å². The summed E-state index contributed by atoms with van der Waals surface area (Å²) in [6, 6.07) is 8.23. The molecule has 3 unspecified atom stereocenters. The Hall–Kier alpha value is -2.11. The number of esters is 1. The quantitative estimate of drug-likeness (QED) is 0.453. The number of carbonyl (C=O) groups is 1. The molecule has 0 saturated heterocycles. The number of carbonyl (C=O) groups excluding carboxylic acids is 1. The molecule has 2 aliphatic rings. The van der Waals surface area contributed by atoms with Gasteiger partial charge in [0.25, 0.3) is 0 Å². The Morgan fingerprint density at radius 3 is 2.56 bits per heavy atom. The monoisotopic (exact) mass is 477 g/mol. The highest BCUT2D eigenvalue weighted by molar-refractivity contribution is 6.35. The second-order valence-electron chi connectivity index (χ2n) is 9.67. The molecule has 7 heteroatoms. The van der Waals surface area contributed by atoms with Crippen LogP contribution < -0.4 is 10.1 Å². The van der Waals surface area contributed by atoms with E-state index in [2.05, 4.69) is 26.1 Å². The topological polar surface area (TPSA) is 67.8 Å². The molecule has 5 nitrogen and oxygen atoms in total. The number of phenolic OH excluding ortho intramolecular Hbond substituents is 1. The van der Waals surface area contributed by atoms with Crippen LogP contribution in [0.3, 0.4) is 0 Å². The molecule has 0 heterocycles. The van der Waals surface area contributed by atoms with Crippen LogP contribution in [0.1, 0.15) is 56.0 Å². The normalized spacial score (nSPS) is 25.6. The van der Waals surface area contributed by atoms with Crippen molar-refractivity contribution < 1.29 is 19.4 Å². The Morgan fingerprint density at radius 1 is 1.22 bits per heavy atom. The average Bonchev–Trinajstić information content (AvgIpc) is 3.05. The molecule has 2 aromatic rings. The Morgan fingerprint density at radius 2 is 1.97 bits per heavy atom. The molecule has 0 spiro atoms. The molecule has 2 aromatic carbocycles. The summed E-state index contributed by atoms with van der Waals surface area (Å²) in [5.74, 6) is 0.508. The molecule has 0 amide bonds. The van der Waals surface area contributed by atoms with Gasteiger partial charge in [0.05, 0.1) is 12.1 Å². The minimum atomic E-state index is -0.480. The van der Waals surface area contributed by atoms with Gasteiger partial charge in [0, 0.05) is 34.3 Å². The molecule has 2 bridgehead atoms. The van der Waals surface area contributed by atoms with Crippen LogP contribution in [-0.2, 0) is 11.3 Å². The fraction of sp³-hybridized carbons (Fsp3) is 0.480. The predicted octanol–water partition coefficient (Wildman–Crippen LogP) is 6.69. The summed E-state index contributed by atoms with van der Waals surface area (Å²) in [6.07, 6.45) is 3.01. The number of methoxy groups -OCH3 is 1. The van der Waals surface area contributed by atoms with E-state index in [9.17, 15) is 9.90 Å². The molecule has 4 rings (SSSR count). The van der Waals surface area contributed by atoms with E-state index in [-0.39, 0.29) is 28.2 Å². The number of nitrogens with one attached hydrogen (secondary N) is 1. The maximum Gasteiger partial charge on any atom is 0.342 e. The third-order valence-electron chi connectivity index (χ3n) is 7.95. The number of rotatable bonds is 6. The molecule has 3 atom stereocenters. The summed E-state index contributed by atoms with van der Waals surface area (Å²) in [4.78, 5) is 12.9.